The number of imide groups is 1. The summed E-state index contributed by atoms with van der Waals surface area (Å²) >= 11 is 1.54. The van der Waals surface area contributed by atoms with E-state index in [0.29, 0.717) is 16.9 Å². The number of amides is 2. The van der Waals surface area contributed by atoms with Gasteiger partial charge >= 0.3 is 0 Å². The van der Waals surface area contributed by atoms with E-state index < -0.39 is 0 Å². The average Bonchev–Trinajstić information content (AvgIpc) is 2.78. The summed E-state index contributed by atoms with van der Waals surface area (Å²) in [4.78, 5) is 30.1. The van der Waals surface area contributed by atoms with Crippen molar-refractivity contribution in [2.24, 2.45) is 0 Å². The predicted molar refractivity (Wildman–Crippen MR) is 81.4 cm³/mol. The zero-order chi connectivity index (χ0) is 15.0. The molecule has 1 aromatic carbocycles. The second kappa shape index (κ2) is 5.21. The van der Waals surface area contributed by atoms with Crippen LogP contribution in [-0.2, 0) is 0 Å². The van der Waals surface area contributed by atoms with Gasteiger partial charge in [0.15, 0.2) is 0 Å². The Labute approximate surface area is 126 Å². The molecule has 0 saturated heterocycles. The molecule has 2 amide bonds. The Morgan fingerprint density at radius 3 is 2.52 bits per heavy atom. The van der Waals surface area contributed by atoms with Crippen LogP contribution in [0.5, 0.6) is 0 Å². The molecule has 0 unspecified atom stereocenters. The van der Waals surface area contributed by atoms with Crippen LogP contribution >= 0.6 is 11.8 Å². The Hall–Kier alpha value is -2.34. The van der Waals surface area contributed by atoms with Crippen LogP contribution in [0.4, 0.5) is 5.82 Å². The number of benzene rings is 1. The molecule has 21 heavy (non-hydrogen) atoms. The fraction of sp³-hybridized carbons (Fsp3) is 0.133. The molecular formula is C15H13N3O2S. The number of carbonyl (C=O) groups is 2. The SMILES string of the molecule is CSc1ccc2c(c1)C(=O)N(N(C)c1ccccn1)C2=O. The molecule has 1 aliphatic heterocycles. The van der Waals surface area contributed by atoms with Gasteiger partial charge in [0.1, 0.15) is 5.82 Å². The van der Waals surface area contributed by atoms with E-state index in [0.717, 1.165) is 9.90 Å². The van der Waals surface area contributed by atoms with E-state index in [4.69, 9.17) is 0 Å². The first-order valence-electron chi connectivity index (χ1n) is 6.35. The van der Waals surface area contributed by atoms with Crippen LogP contribution in [0.25, 0.3) is 0 Å². The van der Waals surface area contributed by atoms with E-state index in [2.05, 4.69) is 4.98 Å². The molecule has 0 N–H and O–H groups in total. The van der Waals surface area contributed by atoms with Crippen molar-refractivity contribution in [1.82, 2.24) is 9.99 Å². The van der Waals surface area contributed by atoms with Gasteiger partial charge in [-0.1, -0.05) is 6.07 Å². The van der Waals surface area contributed by atoms with E-state index in [1.807, 2.05) is 18.4 Å². The number of fused-ring (bicyclic) bond motifs is 1. The molecule has 0 spiro atoms. The second-order valence-corrected chi connectivity index (χ2v) is 5.42. The van der Waals surface area contributed by atoms with E-state index in [1.54, 1.807) is 37.5 Å². The molecule has 0 radical (unpaired) electrons. The number of hydrazine groups is 1. The van der Waals surface area contributed by atoms with E-state index in [1.165, 1.54) is 16.8 Å². The van der Waals surface area contributed by atoms with Crippen LogP contribution < -0.4 is 5.01 Å². The standard InChI is InChI=1S/C15H13N3O2S/c1-17(13-5-3-4-8-16-13)18-14(19)11-7-6-10(21-2)9-12(11)15(18)20/h3-9H,1-2H3. The van der Waals surface area contributed by atoms with Crippen molar-refractivity contribution in [1.29, 1.82) is 0 Å². The number of carbonyl (C=O) groups excluding carboxylic acids is 2. The summed E-state index contributed by atoms with van der Waals surface area (Å²) in [5.74, 6) is -0.105. The smallest absolute Gasteiger partial charge is 0.267 e. The molecule has 0 bridgehead atoms. The Kier molecular flexibility index (Phi) is 3.39. The topological polar surface area (TPSA) is 53.5 Å². The fourth-order valence-corrected chi connectivity index (χ4v) is 2.69. The Balaban J connectivity index is 2.00. The zero-order valence-electron chi connectivity index (χ0n) is 11.6. The van der Waals surface area contributed by atoms with Crippen molar-refractivity contribution >= 4 is 29.4 Å². The number of anilines is 1. The molecule has 0 atom stereocenters. The van der Waals surface area contributed by atoms with Crippen LogP contribution in [0.1, 0.15) is 20.7 Å². The van der Waals surface area contributed by atoms with Crippen LogP contribution in [0.15, 0.2) is 47.5 Å². The molecule has 2 heterocycles. The minimum Gasteiger partial charge on any atom is -0.267 e. The van der Waals surface area contributed by atoms with Gasteiger partial charge in [-0.15, -0.1) is 11.8 Å². The lowest BCUT2D eigenvalue weighted by Crippen LogP contribution is -2.44. The number of rotatable bonds is 3. The van der Waals surface area contributed by atoms with Crippen molar-refractivity contribution in [3.05, 3.63) is 53.7 Å². The lowest BCUT2D eigenvalue weighted by Gasteiger charge is -2.26. The summed E-state index contributed by atoms with van der Waals surface area (Å²) in [7, 11) is 1.65. The third kappa shape index (κ3) is 2.17. The third-order valence-electron chi connectivity index (χ3n) is 3.35. The first-order chi connectivity index (χ1) is 10.1. The lowest BCUT2D eigenvalue weighted by molar-refractivity contribution is 0.0643. The van der Waals surface area contributed by atoms with E-state index in [-0.39, 0.29) is 11.8 Å². The second-order valence-electron chi connectivity index (χ2n) is 4.55. The largest absolute Gasteiger partial charge is 0.280 e. The molecule has 106 valence electrons. The summed E-state index contributed by atoms with van der Waals surface area (Å²) in [6.45, 7) is 0. The van der Waals surface area contributed by atoms with Crippen LogP contribution in [0.3, 0.4) is 0 Å². The molecule has 6 heteroatoms. The highest BCUT2D eigenvalue weighted by Gasteiger charge is 2.38. The molecular weight excluding hydrogens is 286 g/mol. The molecule has 1 aromatic heterocycles. The van der Waals surface area contributed by atoms with Crippen LogP contribution in [-0.4, -0.2) is 35.1 Å². The van der Waals surface area contributed by atoms with Crippen LogP contribution in [0.2, 0.25) is 0 Å². The Morgan fingerprint density at radius 2 is 1.86 bits per heavy atom. The number of hydrogen-bond donors (Lipinski definition) is 0. The minimum atomic E-state index is -0.323. The monoisotopic (exact) mass is 299 g/mol. The predicted octanol–water partition coefficient (Wildman–Crippen LogP) is 2.45. The average molecular weight is 299 g/mol. The maximum absolute atomic E-state index is 12.5. The molecule has 0 aliphatic carbocycles. The van der Waals surface area contributed by atoms with E-state index >= 15 is 0 Å². The molecule has 2 aromatic rings. The maximum atomic E-state index is 12.5. The molecule has 1 aliphatic rings. The summed E-state index contributed by atoms with van der Waals surface area (Å²) in [6, 6.07) is 10.6. The van der Waals surface area contributed by atoms with Crippen molar-refractivity contribution in [2.75, 3.05) is 18.3 Å². The molecule has 0 saturated carbocycles. The summed E-state index contributed by atoms with van der Waals surface area (Å²) in [6.07, 6.45) is 3.55. The number of aromatic nitrogens is 1. The van der Waals surface area contributed by atoms with Crippen molar-refractivity contribution < 1.29 is 9.59 Å². The van der Waals surface area contributed by atoms with E-state index in [9.17, 15) is 9.59 Å². The number of hydrogen-bond acceptors (Lipinski definition) is 5. The Morgan fingerprint density at radius 1 is 1.10 bits per heavy atom. The summed E-state index contributed by atoms with van der Waals surface area (Å²) in [5.41, 5.74) is 0.871. The third-order valence-corrected chi connectivity index (χ3v) is 4.08. The zero-order valence-corrected chi connectivity index (χ0v) is 12.4. The van der Waals surface area contributed by atoms with Gasteiger partial charge < -0.3 is 0 Å². The normalized spacial score (nSPS) is 13.5. The minimum absolute atomic E-state index is 0.320. The van der Waals surface area contributed by atoms with Crippen LogP contribution in [0, 0.1) is 0 Å². The Bertz CT molecular complexity index is 718. The van der Waals surface area contributed by atoms with Gasteiger partial charge in [-0.3, -0.25) is 14.6 Å². The maximum Gasteiger partial charge on any atom is 0.280 e. The van der Waals surface area contributed by atoms with Gasteiger partial charge in [0, 0.05) is 18.1 Å². The van der Waals surface area contributed by atoms with Crippen molar-refractivity contribution in [3.8, 4) is 0 Å². The highest BCUT2D eigenvalue weighted by Crippen LogP contribution is 2.29. The first-order valence-corrected chi connectivity index (χ1v) is 7.57. The van der Waals surface area contributed by atoms with Gasteiger partial charge in [-0.05, 0) is 36.6 Å². The van der Waals surface area contributed by atoms with Gasteiger partial charge in [-0.2, -0.15) is 5.01 Å². The van der Waals surface area contributed by atoms with Gasteiger partial charge in [0.2, 0.25) is 0 Å². The highest BCUT2D eigenvalue weighted by atomic mass is 32.2. The lowest BCUT2D eigenvalue weighted by atomic mass is 10.1. The molecule has 3 rings (SSSR count). The van der Waals surface area contributed by atoms with Crippen molar-refractivity contribution in [3.63, 3.8) is 0 Å². The summed E-state index contributed by atoms with van der Waals surface area (Å²) < 4.78 is 0. The highest BCUT2D eigenvalue weighted by molar-refractivity contribution is 7.98. The number of thioether (sulfide) groups is 1. The number of nitrogens with zero attached hydrogens (tertiary/aromatic N) is 3. The number of pyridine rings is 1. The van der Waals surface area contributed by atoms with Gasteiger partial charge in [0.05, 0.1) is 11.1 Å². The van der Waals surface area contributed by atoms with Gasteiger partial charge in [0.25, 0.3) is 11.8 Å². The quantitative estimate of drug-likeness (QED) is 0.643. The van der Waals surface area contributed by atoms with Gasteiger partial charge in [-0.25, -0.2) is 4.98 Å². The molecule has 0 fully saturated rings. The molecule has 5 nitrogen and oxygen atoms in total. The van der Waals surface area contributed by atoms with Crippen molar-refractivity contribution in [2.45, 2.75) is 4.90 Å². The fourth-order valence-electron chi connectivity index (χ4n) is 2.25. The first kappa shape index (κ1) is 13.6. The summed E-state index contributed by atoms with van der Waals surface area (Å²) in [5, 5.41) is 2.60.